The zero-order chi connectivity index (χ0) is 22.4. The maximum atomic E-state index is 12.6. The number of sulfonamides is 1. The van der Waals surface area contributed by atoms with E-state index in [-0.39, 0.29) is 6.54 Å². The Labute approximate surface area is 196 Å². The van der Waals surface area contributed by atoms with Gasteiger partial charge in [0.2, 0.25) is 15.9 Å². The molecule has 5 nitrogen and oxygen atoms in total. The first-order valence-corrected chi connectivity index (χ1v) is 13.2. The number of nitrogens with one attached hydrogen (secondary N) is 1. The smallest absolute Gasteiger partial charge is 0.245 e. The molecule has 0 aliphatic carbocycles. The van der Waals surface area contributed by atoms with Crippen molar-refractivity contribution < 1.29 is 13.2 Å². The van der Waals surface area contributed by atoms with Gasteiger partial charge in [0, 0.05) is 20.8 Å². The molecule has 8 heteroatoms. The number of rotatable bonds is 8. The van der Waals surface area contributed by atoms with Gasteiger partial charge in [-0.25, -0.2) is 8.42 Å². The van der Waals surface area contributed by atoms with E-state index in [0.29, 0.717) is 11.4 Å². The van der Waals surface area contributed by atoms with Crippen molar-refractivity contribution in [2.24, 2.45) is 0 Å². The van der Waals surface area contributed by atoms with Crippen LogP contribution in [-0.4, -0.2) is 27.1 Å². The highest BCUT2D eigenvalue weighted by atomic mass is 79.9. The van der Waals surface area contributed by atoms with Crippen LogP contribution in [0, 0.1) is 6.92 Å². The summed E-state index contributed by atoms with van der Waals surface area (Å²) in [7, 11) is -3.61. The van der Waals surface area contributed by atoms with Crippen molar-refractivity contribution in [3.05, 3.63) is 88.4 Å². The molecule has 0 saturated carbocycles. The van der Waals surface area contributed by atoms with Crippen molar-refractivity contribution in [2.45, 2.75) is 17.6 Å². The number of aryl methyl sites for hydroxylation is 1. The minimum atomic E-state index is -3.61. The Kier molecular flexibility index (Phi) is 7.80. The molecule has 0 unspecified atom stereocenters. The van der Waals surface area contributed by atoms with E-state index in [2.05, 4.69) is 33.4 Å². The fourth-order valence-electron chi connectivity index (χ4n) is 2.97. The Morgan fingerprint density at radius 3 is 2.32 bits per heavy atom. The van der Waals surface area contributed by atoms with Gasteiger partial charge in [0.15, 0.2) is 0 Å². The highest BCUT2D eigenvalue weighted by Crippen LogP contribution is 2.25. The van der Waals surface area contributed by atoms with Crippen LogP contribution < -0.4 is 9.62 Å². The lowest BCUT2D eigenvalue weighted by molar-refractivity contribution is -0.114. The van der Waals surface area contributed by atoms with Gasteiger partial charge in [-0.1, -0.05) is 46.3 Å². The molecule has 0 spiro atoms. The second-order valence-corrected chi connectivity index (χ2v) is 10.9. The van der Waals surface area contributed by atoms with Crippen LogP contribution in [0.1, 0.15) is 11.1 Å². The Hall–Kier alpha value is -2.29. The SMILES string of the molecule is Cc1cc(CSc2ccccc2)ccc1NC(=O)CN(c1ccc(Br)cc1)S(C)(=O)=O. The molecule has 0 fully saturated rings. The summed E-state index contributed by atoms with van der Waals surface area (Å²) in [5, 5.41) is 2.83. The van der Waals surface area contributed by atoms with E-state index in [1.165, 1.54) is 4.90 Å². The van der Waals surface area contributed by atoms with Crippen LogP contribution in [0.5, 0.6) is 0 Å². The van der Waals surface area contributed by atoms with Crippen LogP contribution in [0.15, 0.2) is 82.2 Å². The average Bonchev–Trinajstić information content (AvgIpc) is 2.73. The average molecular weight is 519 g/mol. The van der Waals surface area contributed by atoms with E-state index in [4.69, 9.17) is 0 Å². The van der Waals surface area contributed by atoms with Gasteiger partial charge in [0.05, 0.1) is 11.9 Å². The lowest BCUT2D eigenvalue weighted by Gasteiger charge is -2.22. The number of anilines is 2. The van der Waals surface area contributed by atoms with Crippen molar-refractivity contribution in [1.29, 1.82) is 0 Å². The van der Waals surface area contributed by atoms with E-state index >= 15 is 0 Å². The molecule has 0 bridgehead atoms. The van der Waals surface area contributed by atoms with E-state index in [1.54, 1.807) is 36.0 Å². The van der Waals surface area contributed by atoms with Crippen molar-refractivity contribution in [1.82, 2.24) is 0 Å². The van der Waals surface area contributed by atoms with Gasteiger partial charge in [-0.3, -0.25) is 9.10 Å². The van der Waals surface area contributed by atoms with E-state index < -0.39 is 15.9 Å². The molecule has 1 amide bonds. The third kappa shape index (κ3) is 6.85. The maximum Gasteiger partial charge on any atom is 0.245 e. The van der Waals surface area contributed by atoms with Crippen molar-refractivity contribution in [3.63, 3.8) is 0 Å². The maximum absolute atomic E-state index is 12.6. The monoisotopic (exact) mass is 518 g/mol. The lowest BCUT2D eigenvalue weighted by atomic mass is 10.1. The molecule has 0 aliphatic heterocycles. The van der Waals surface area contributed by atoms with Crippen LogP contribution in [0.4, 0.5) is 11.4 Å². The number of benzene rings is 3. The van der Waals surface area contributed by atoms with Gasteiger partial charge >= 0.3 is 0 Å². The molecule has 1 N–H and O–H groups in total. The number of hydrogen-bond acceptors (Lipinski definition) is 4. The summed E-state index contributed by atoms with van der Waals surface area (Å²) >= 11 is 5.08. The minimum absolute atomic E-state index is 0.300. The zero-order valence-electron chi connectivity index (χ0n) is 17.2. The first-order chi connectivity index (χ1) is 14.7. The summed E-state index contributed by atoms with van der Waals surface area (Å²) in [6.45, 7) is 1.63. The fourth-order valence-corrected chi connectivity index (χ4v) is 4.95. The third-order valence-electron chi connectivity index (χ3n) is 4.52. The molecular formula is C23H23BrN2O3S2. The Bertz CT molecular complexity index is 1150. The second-order valence-electron chi connectivity index (χ2n) is 7.05. The summed E-state index contributed by atoms with van der Waals surface area (Å²) in [4.78, 5) is 13.8. The molecular weight excluding hydrogens is 496 g/mol. The standard InChI is InChI=1S/C23H23BrN2O3S2/c1-17-14-18(16-30-21-6-4-3-5-7-21)8-13-22(17)25-23(27)15-26(31(2,28)29)20-11-9-19(24)10-12-20/h3-14H,15-16H2,1-2H3,(H,25,27). The predicted octanol–water partition coefficient (Wildman–Crippen LogP) is 5.45. The molecule has 31 heavy (non-hydrogen) atoms. The topological polar surface area (TPSA) is 66.5 Å². The summed E-state index contributed by atoms with van der Waals surface area (Å²) in [5.41, 5.74) is 3.18. The fraction of sp³-hybridized carbons (Fsp3) is 0.174. The van der Waals surface area contributed by atoms with Gasteiger partial charge in [-0.05, 0) is 60.5 Å². The number of nitrogens with zero attached hydrogens (tertiary/aromatic N) is 1. The van der Waals surface area contributed by atoms with Gasteiger partial charge in [-0.15, -0.1) is 11.8 Å². The number of hydrogen-bond donors (Lipinski definition) is 1. The normalized spacial score (nSPS) is 11.2. The molecule has 0 atom stereocenters. The van der Waals surface area contributed by atoms with Gasteiger partial charge in [0.1, 0.15) is 6.54 Å². The lowest BCUT2D eigenvalue weighted by Crippen LogP contribution is -2.37. The number of carbonyl (C=O) groups excluding carboxylic acids is 1. The Morgan fingerprint density at radius 2 is 1.71 bits per heavy atom. The van der Waals surface area contributed by atoms with Crippen LogP contribution in [0.3, 0.4) is 0 Å². The molecule has 0 radical (unpaired) electrons. The van der Waals surface area contributed by atoms with Crippen molar-refractivity contribution in [2.75, 3.05) is 22.4 Å². The molecule has 162 valence electrons. The summed E-state index contributed by atoms with van der Waals surface area (Å²) in [6, 6.07) is 22.8. The third-order valence-corrected chi connectivity index (χ3v) is 7.27. The summed E-state index contributed by atoms with van der Waals surface area (Å²) in [6.07, 6.45) is 1.09. The first-order valence-electron chi connectivity index (χ1n) is 9.53. The molecule has 0 aliphatic rings. The molecule has 0 aromatic heterocycles. The quantitative estimate of drug-likeness (QED) is 0.402. The number of amides is 1. The number of thioether (sulfide) groups is 1. The largest absolute Gasteiger partial charge is 0.324 e. The van der Waals surface area contributed by atoms with Crippen LogP contribution in [-0.2, 0) is 20.6 Å². The van der Waals surface area contributed by atoms with Crippen molar-refractivity contribution >= 4 is 55.0 Å². The zero-order valence-corrected chi connectivity index (χ0v) is 20.4. The first kappa shape index (κ1) is 23.4. The van der Waals surface area contributed by atoms with Crippen molar-refractivity contribution in [3.8, 4) is 0 Å². The molecule has 3 rings (SSSR count). The molecule has 0 saturated heterocycles. The number of halogens is 1. The Balaban J connectivity index is 1.66. The molecule has 3 aromatic carbocycles. The minimum Gasteiger partial charge on any atom is -0.324 e. The van der Waals surface area contributed by atoms with E-state index in [9.17, 15) is 13.2 Å². The summed E-state index contributed by atoms with van der Waals surface area (Å²) in [5.74, 6) is 0.424. The van der Waals surface area contributed by atoms with E-state index in [0.717, 1.165) is 31.9 Å². The highest BCUT2D eigenvalue weighted by Gasteiger charge is 2.21. The summed E-state index contributed by atoms with van der Waals surface area (Å²) < 4.78 is 26.4. The van der Waals surface area contributed by atoms with Crippen LogP contribution in [0.2, 0.25) is 0 Å². The predicted molar refractivity (Wildman–Crippen MR) is 132 cm³/mol. The second kappa shape index (κ2) is 10.3. The number of carbonyl (C=O) groups is 1. The molecule has 0 heterocycles. The van der Waals surface area contributed by atoms with Gasteiger partial charge < -0.3 is 5.32 Å². The molecule has 3 aromatic rings. The van der Waals surface area contributed by atoms with Gasteiger partial charge in [0.25, 0.3) is 0 Å². The Morgan fingerprint density at radius 1 is 1.03 bits per heavy atom. The van der Waals surface area contributed by atoms with Crippen LogP contribution >= 0.6 is 27.7 Å². The van der Waals surface area contributed by atoms with E-state index in [1.807, 2.05) is 43.3 Å². The van der Waals surface area contributed by atoms with Gasteiger partial charge in [-0.2, -0.15) is 0 Å². The van der Waals surface area contributed by atoms with Crippen LogP contribution in [0.25, 0.3) is 0 Å². The highest BCUT2D eigenvalue weighted by molar-refractivity contribution is 9.10.